The molecule has 9 heteroatoms. The van der Waals surface area contributed by atoms with Crippen molar-refractivity contribution >= 4 is 11.5 Å². The van der Waals surface area contributed by atoms with Gasteiger partial charge in [-0.15, -0.1) is 6.58 Å². The molecule has 0 amide bonds. The number of benzene rings is 1. The van der Waals surface area contributed by atoms with Gasteiger partial charge >= 0.3 is 0 Å². The van der Waals surface area contributed by atoms with E-state index < -0.39 is 0 Å². The normalized spacial score (nSPS) is 14.3. The fraction of sp³-hybridized carbons (Fsp3) is 0.385. The van der Waals surface area contributed by atoms with Crippen molar-refractivity contribution in [3.8, 4) is 11.1 Å². The van der Waals surface area contributed by atoms with Crippen LogP contribution in [-0.2, 0) is 34.7 Å². The minimum atomic E-state index is 0. The Hall–Kier alpha value is -2.51. The number of rotatable bonds is 7. The summed E-state index contributed by atoms with van der Waals surface area (Å²) in [6.07, 6.45) is 7.48. The summed E-state index contributed by atoms with van der Waals surface area (Å²) in [5.41, 5.74) is 5.35. The predicted octanol–water partition coefficient (Wildman–Crippen LogP) is 3.37. The summed E-state index contributed by atoms with van der Waals surface area (Å²) in [5, 5.41) is 31.1. The first kappa shape index (κ1) is 30.5. The number of allylic oxidation sites excluding steroid dienone is 1. The van der Waals surface area contributed by atoms with E-state index in [0.29, 0.717) is 5.92 Å². The van der Waals surface area contributed by atoms with Crippen molar-refractivity contribution in [3.05, 3.63) is 72.7 Å². The average Bonchev–Trinajstić information content (AvgIpc) is 3.31. The van der Waals surface area contributed by atoms with Gasteiger partial charge < -0.3 is 26.2 Å². The van der Waals surface area contributed by atoms with Gasteiger partial charge in [0.1, 0.15) is 5.82 Å². The molecule has 1 aliphatic rings. The molecule has 0 bridgehead atoms. The van der Waals surface area contributed by atoms with E-state index >= 15 is 0 Å². The van der Waals surface area contributed by atoms with Crippen LogP contribution in [0.5, 0.6) is 0 Å². The van der Waals surface area contributed by atoms with Gasteiger partial charge in [-0.1, -0.05) is 37.3 Å². The first-order chi connectivity index (χ1) is 16.5. The number of hydrogen-bond acceptors (Lipinski definition) is 7. The molecular weight excluding hydrogens is 612 g/mol. The summed E-state index contributed by atoms with van der Waals surface area (Å²) in [6.45, 7) is 10.1. The van der Waals surface area contributed by atoms with Gasteiger partial charge in [-0.2, -0.15) is 5.10 Å². The molecule has 0 fully saturated rings. The van der Waals surface area contributed by atoms with E-state index in [0.717, 1.165) is 54.9 Å². The predicted molar refractivity (Wildman–Crippen MR) is 140 cm³/mol. The maximum absolute atomic E-state index is 9.31. The third kappa shape index (κ3) is 9.22. The Morgan fingerprint density at radius 3 is 2.66 bits per heavy atom. The molecule has 2 aromatic heterocycles. The molecule has 2 atom stereocenters. The van der Waals surface area contributed by atoms with E-state index in [9.17, 15) is 5.11 Å². The second-order valence-corrected chi connectivity index (χ2v) is 8.12. The number of anilines is 2. The fourth-order valence-corrected chi connectivity index (χ4v) is 3.63. The smallest absolute Gasteiger partial charge is 0.149 e. The Labute approximate surface area is 223 Å². The molecule has 35 heavy (non-hydrogen) atoms. The summed E-state index contributed by atoms with van der Waals surface area (Å²) >= 11 is 0. The van der Waals surface area contributed by atoms with Gasteiger partial charge in [-0.05, 0) is 30.0 Å². The summed E-state index contributed by atoms with van der Waals surface area (Å²) in [4.78, 5) is 4.60. The first-order valence-corrected chi connectivity index (χ1v) is 11.5. The number of fused-ring (bicyclic) bond motifs is 1. The molecule has 0 spiro atoms. The molecule has 3 heterocycles. The molecule has 5 N–H and O–H groups in total. The molecule has 0 aliphatic carbocycles. The summed E-state index contributed by atoms with van der Waals surface area (Å²) in [6, 6.07) is 10.5. The van der Waals surface area contributed by atoms with E-state index in [4.69, 9.17) is 5.11 Å². The Bertz CT molecular complexity index is 1030. The Morgan fingerprint density at radius 1 is 1.26 bits per heavy atom. The van der Waals surface area contributed by atoms with E-state index in [1.165, 1.54) is 5.56 Å². The van der Waals surface area contributed by atoms with Gasteiger partial charge in [0.25, 0.3) is 0 Å². The van der Waals surface area contributed by atoms with Gasteiger partial charge in [0.2, 0.25) is 0 Å². The topological polar surface area (TPSA) is 107 Å². The van der Waals surface area contributed by atoms with Crippen LogP contribution in [0.25, 0.3) is 11.1 Å². The van der Waals surface area contributed by atoms with Crippen molar-refractivity contribution in [2.45, 2.75) is 32.4 Å². The molecule has 2 unspecified atom stereocenters. The monoisotopic (exact) mass is 650 g/mol. The van der Waals surface area contributed by atoms with Crippen LogP contribution >= 0.6 is 0 Å². The zero-order chi connectivity index (χ0) is 24.9. The molecule has 8 nitrogen and oxygen atoms in total. The van der Waals surface area contributed by atoms with E-state index in [2.05, 4.69) is 57.7 Å². The van der Waals surface area contributed by atoms with Gasteiger partial charge in [-0.3, -0.25) is 4.68 Å². The third-order valence-electron chi connectivity index (χ3n) is 5.35. The van der Waals surface area contributed by atoms with Gasteiger partial charge in [0.05, 0.1) is 24.5 Å². The molecule has 1 aromatic carbocycles. The third-order valence-corrected chi connectivity index (χ3v) is 5.35. The first-order valence-electron chi connectivity index (χ1n) is 11.5. The number of aliphatic hydroxyl groups is 2. The number of aliphatic hydroxyl groups excluding tert-OH is 2. The van der Waals surface area contributed by atoms with E-state index in [1.807, 2.05) is 44.7 Å². The summed E-state index contributed by atoms with van der Waals surface area (Å²) in [7, 11) is 2.91. The molecular formula is C26H38N6O2W. The Balaban J connectivity index is 0.000000950. The molecule has 1 aliphatic heterocycles. The minimum absolute atomic E-state index is 0. The Kier molecular flexibility index (Phi) is 14.1. The fourth-order valence-electron chi connectivity index (χ4n) is 3.63. The number of aromatic nitrogens is 3. The van der Waals surface area contributed by atoms with Crippen LogP contribution in [0, 0.1) is 0 Å². The summed E-state index contributed by atoms with van der Waals surface area (Å²) < 4.78 is 1.79. The minimum Gasteiger partial charge on any atom is -0.400 e. The van der Waals surface area contributed by atoms with Crippen LogP contribution in [0.1, 0.15) is 30.9 Å². The van der Waals surface area contributed by atoms with Crippen LogP contribution < -0.4 is 16.0 Å². The Morgan fingerprint density at radius 2 is 2.00 bits per heavy atom. The van der Waals surface area contributed by atoms with Crippen molar-refractivity contribution in [2.24, 2.45) is 7.05 Å². The molecule has 3 aromatic rings. The van der Waals surface area contributed by atoms with Crippen LogP contribution in [0.3, 0.4) is 0 Å². The number of pyridine rings is 1. The number of nitrogens with zero attached hydrogens (tertiary/aromatic N) is 3. The zero-order valence-corrected chi connectivity index (χ0v) is 24.0. The van der Waals surface area contributed by atoms with Crippen molar-refractivity contribution in [1.29, 1.82) is 0 Å². The summed E-state index contributed by atoms with van der Waals surface area (Å²) in [5.74, 6) is 1.27. The molecule has 0 saturated carbocycles. The second-order valence-electron chi connectivity index (χ2n) is 8.12. The maximum Gasteiger partial charge on any atom is 0.149 e. The van der Waals surface area contributed by atoms with E-state index in [1.54, 1.807) is 10.8 Å². The number of aryl methyl sites for hydroxylation is 1. The maximum atomic E-state index is 9.31. The number of hydrogen-bond donors (Lipinski definition) is 5. The van der Waals surface area contributed by atoms with Crippen LogP contribution in [0.4, 0.5) is 11.5 Å². The van der Waals surface area contributed by atoms with Gasteiger partial charge in [-0.25, -0.2) is 4.98 Å². The van der Waals surface area contributed by atoms with E-state index in [-0.39, 0.29) is 33.7 Å². The van der Waals surface area contributed by atoms with Crippen LogP contribution in [-0.4, -0.2) is 57.8 Å². The van der Waals surface area contributed by atoms with Crippen molar-refractivity contribution < 1.29 is 31.3 Å². The molecule has 4 rings (SSSR count). The van der Waals surface area contributed by atoms with Crippen molar-refractivity contribution in [2.75, 3.05) is 37.4 Å². The SMILES string of the molecule is C=CC.CC(CNCC1CNc2cc(-c3cnn(C)c3)cnc2N1)c1cccc(CO)c1.CO.[W]. The van der Waals surface area contributed by atoms with Crippen molar-refractivity contribution in [1.82, 2.24) is 20.1 Å². The number of nitrogens with one attached hydrogen (secondary N) is 3. The van der Waals surface area contributed by atoms with Crippen LogP contribution in [0.2, 0.25) is 0 Å². The van der Waals surface area contributed by atoms with Crippen molar-refractivity contribution in [3.63, 3.8) is 0 Å². The quantitative estimate of drug-likeness (QED) is 0.250. The zero-order valence-electron chi connectivity index (χ0n) is 21.0. The van der Waals surface area contributed by atoms with Crippen LogP contribution in [0.15, 0.2) is 61.6 Å². The molecule has 0 saturated heterocycles. The molecule has 0 radical (unpaired) electrons. The van der Waals surface area contributed by atoms with Gasteiger partial charge in [0.15, 0.2) is 0 Å². The largest absolute Gasteiger partial charge is 0.400 e. The standard InChI is InChI=1S/C22H28N6O.C3H6.CH4O.W/c1-15(17-5-3-4-16(6-17)14-29)8-23-11-20-12-24-21-7-18(9-25-22(21)27-20)19-10-26-28(2)13-19;1-3-2;1-2;/h3-7,9-10,13,15,20,23-24,29H,8,11-12,14H2,1-2H3,(H,25,27);3H,1H2,2H3;2H,1H3;. The molecule has 190 valence electrons. The average molecular weight is 650 g/mol. The van der Waals surface area contributed by atoms with Gasteiger partial charge in [0, 0.05) is 78.4 Å². The second kappa shape index (κ2) is 16.2.